The number of nitrogens with one attached hydrogen (secondary N) is 3. The fourth-order valence-electron chi connectivity index (χ4n) is 2.32. The van der Waals surface area contributed by atoms with Crippen LogP contribution in [0.15, 0.2) is 59.0 Å². The molecular weight excluding hydrogens is 310 g/mol. The quantitative estimate of drug-likeness (QED) is 0.540. The zero-order chi connectivity index (χ0) is 17.1. The van der Waals surface area contributed by atoms with Crippen LogP contribution in [0.3, 0.4) is 0 Å². The van der Waals surface area contributed by atoms with Crippen LogP contribution in [-0.4, -0.2) is 11.1 Å². The first-order chi connectivity index (χ1) is 11.5. The zero-order valence-corrected chi connectivity index (χ0v) is 12.6. The van der Waals surface area contributed by atoms with Gasteiger partial charge in [0.25, 0.3) is 5.91 Å². The molecule has 0 saturated heterocycles. The van der Waals surface area contributed by atoms with Crippen molar-refractivity contribution in [2.45, 2.75) is 6.54 Å². The third-order valence-corrected chi connectivity index (χ3v) is 3.55. The maximum Gasteiger partial charge on any atom is 0.257 e. The van der Waals surface area contributed by atoms with Crippen molar-refractivity contribution in [1.29, 1.82) is 5.41 Å². The van der Waals surface area contributed by atoms with Crippen LogP contribution in [0.1, 0.15) is 15.9 Å². The molecule has 2 aromatic carbocycles. The van der Waals surface area contributed by atoms with E-state index in [4.69, 9.17) is 15.0 Å². The molecule has 122 valence electrons. The van der Waals surface area contributed by atoms with Gasteiger partial charge in [-0.2, -0.15) is 5.23 Å². The van der Waals surface area contributed by atoms with Crippen LogP contribution in [-0.2, 0) is 6.54 Å². The highest BCUT2D eigenvalue weighted by atomic mass is 16.8. The summed E-state index contributed by atoms with van der Waals surface area (Å²) in [7, 11) is 0. The van der Waals surface area contributed by atoms with E-state index in [0.29, 0.717) is 17.5 Å². The monoisotopic (exact) mass is 325 g/mol. The molecule has 3 rings (SSSR count). The number of rotatable bonds is 4. The molecule has 0 aliphatic carbocycles. The van der Waals surface area contributed by atoms with Crippen LogP contribution >= 0.6 is 0 Å². The second kappa shape index (κ2) is 6.63. The molecule has 0 radical (unpaired) electrons. The fourth-order valence-corrected chi connectivity index (χ4v) is 2.32. The molecule has 1 unspecified atom stereocenters. The second-order valence-electron chi connectivity index (χ2n) is 5.22. The molecule has 1 atom stereocenters. The molecule has 3 aromatic rings. The van der Waals surface area contributed by atoms with Gasteiger partial charge in [0, 0.05) is 24.1 Å². The molecule has 0 fully saturated rings. The summed E-state index contributed by atoms with van der Waals surface area (Å²) in [4.78, 5) is 12.3. The van der Waals surface area contributed by atoms with Crippen LogP contribution in [0.25, 0.3) is 11.0 Å². The Bertz CT molecular complexity index is 935. The Morgan fingerprint density at radius 2 is 1.96 bits per heavy atom. The summed E-state index contributed by atoms with van der Waals surface area (Å²) in [5, 5.41) is 30.1. The molecule has 7 heteroatoms. The van der Waals surface area contributed by atoms with Gasteiger partial charge in [-0.05, 0) is 17.7 Å². The van der Waals surface area contributed by atoms with Gasteiger partial charge in [-0.15, -0.1) is 0 Å². The summed E-state index contributed by atoms with van der Waals surface area (Å²) >= 11 is 0. The summed E-state index contributed by atoms with van der Waals surface area (Å²) in [6.07, 6.45) is 0. The lowest BCUT2D eigenvalue weighted by Crippen LogP contribution is -2.99. The van der Waals surface area contributed by atoms with Crippen molar-refractivity contribution in [3.05, 3.63) is 76.5 Å². The highest BCUT2D eigenvalue weighted by molar-refractivity contribution is 5.96. The maximum absolute atomic E-state index is 12.3. The number of carbonyl (C=O) groups is 1. The Morgan fingerprint density at radius 3 is 2.67 bits per heavy atom. The van der Waals surface area contributed by atoms with Gasteiger partial charge in [-0.25, -0.2) is 5.21 Å². The third kappa shape index (κ3) is 3.33. The normalized spacial score (nSPS) is 12.1. The van der Waals surface area contributed by atoms with E-state index in [1.807, 2.05) is 30.3 Å². The van der Waals surface area contributed by atoms with Crippen molar-refractivity contribution < 1.29 is 19.6 Å². The largest absolute Gasteiger partial charge is 0.595 e. The molecule has 24 heavy (non-hydrogen) atoms. The van der Waals surface area contributed by atoms with E-state index in [2.05, 4.69) is 5.32 Å². The molecule has 7 nitrogen and oxygen atoms in total. The van der Waals surface area contributed by atoms with E-state index in [-0.39, 0.29) is 16.8 Å². The number of quaternary nitrogens is 1. The zero-order valence-electron chi connectivity index (χ0n) is 12.6. The van der Waals surface area contributed by atoms with Gasteiger partial charge < -0.3 is 14.9 Å². The number of amides is 1. The summed E-state index contributed by atoms with van der Waals surface area (Å²) in [5.41, 5.74) is 1.16. The first-order valence-corrected chi connectivity index (χ1v) is 7.22. The lowest BCUT2D eigenvalue weighted by molar-refractivity contribution is -0.991. The predicted molar refractivity (Wildman–Crippen MR) is 85.5 cm³/mol. The smallest absolute Gasteiger partial charge is 0.257 e. The third-order valence-electron chi connectivity index (χ3n) is 3.55. The SMILES string of the molecule is N=c1oc2ccc([NH+]([O-])O)cc2cc1C(=O)NCc1ccccc1. The Morgan fingerprint density at radius 1 is 1.21 bits per heavy atom. The summed E-state index contributed by atoms with van der Waals surface area (Å²) < 4.78 is 5.31. The number of benzene rings is 2. The fraction of sp³-hybridized carbons (Fsp3) is 0.0588. The highest BCUT2D eigenvalue weighted by Crippen LogP contribution is 2.16. The standard InChI is InChI=1S/C17H15N3O4/c18-16-14(17(21)19-10-11-4-2-1-3-5-11)9-12-8-13(20(22)23)6-7-15(12)24-16/h1-9,18,20,22H,10H2,(H,19,21). The van der Waals surface area contributed by atoms with E-state index in [9.17, 15) is 10.0 Å². The van der Waals surface area contributed by atoms with Crippen LogP contribution < -0.4 is 16.1 Å². The Hall–Kier alpha value is -3.00. The van der Waals surface area contributed by atoms with Gasteiger partial charge in [0.05, 0.1) is 0 Å². The summed E-state index contributed by atoms with van der Waals surface area (Å²) in [6, 6.07) is 15.1. The average molecular weight is 325 g/mol. The van der Waals surface area contributed by atoms with Gasteiger partial charge in [0.1, 0.15) is 11.1 Å². The minimum absolute atomic E-state index is 0.0565. The van der Waals surface area contributed by atoms with Gasteiger partial charge in [-0.3, -0.25) is 10.2 Å². The van der Waals surface area contributed by atoms with Crippen molar-refractivity contribution in [2.24, 2.45) is 0 Å². The molecule has 0 spiro atoms. The van der Waals surface area contributed by atoms with Crippen molar-refractivity contribution in [3.63, 3.8) is 0 Å². The van der Waals surface area contributed by atoms with Crippen LogP contribution in [0.4, 0.5) is 5.69 Å². The molecule has 0 aliphatic rings. The van der Waals surface area contributed by atoms with E-state index in [0.717, 1.165) is 5.56 Å². The number of hydrogen-bond donors (Lipinski definition) is 4. The van der Waals surface area contributed by atoms with Crippen molar-refractivity contribution in [3.8, 4) is 0 Å². The molecule has 1 amide bonds. The van der Waals surface area contributed by atoms with Gasteiger partial charge in [-0.1, -0.05) is 30.3 Å². The van der Waals surface area contributed by atoms with Crippen molar-refractivity contribution in [2.75, 3.05) is 0 Å². The minimum atomic E-state index is -1.07. The van der Waals surface area contributed by atoms with Crippen LogP contribution in [0.5, 0.6) is 0 Å². The average Bonchev–Trinajstić information content (AvgIpc) is 2.59. The molecule has 0 aliphatic heterocycles. The predicted octanol–water partition coefficient (Wildman–Crippen LogP) is 1.25. The van der Waals surface area contributed by atoms with E-state index in [1.54, 1.807) is 0 Å². The molecular formula is C17H15N3O4. The van der Waals surface area contributed by atoms with Crippen molar-refractivity contribution in [1.82, 2.24) is 5.32 Å². The molecule has 4 N–H and O–H groups in total. The number of hydrogen-bond acceptors (Lipinski definition) is 5. The lowest BCUT2D eigenvalue weighted by Gasteiger charge is -2.12. The first-order valence-electron chi connectivity index (χ1n) is 7.22. The van der Waals surface area contributed by atoms with Crippen molar-refractivity contribution >= 4 is 22.6 Å². The summed E-state index contributed by atoms with van der Waals surface area (Å²) in [5.74, 6) is -0.449. The van der Waals surface area contributed by atoms with Gasteiger partial charge in [0.15, 0.2) is 5.69 Å². The van der Waals surface area contributed by atoms with E-state index < -0.39 is 11.1 Å². The van der Waals surface area contributed by atoms with Crippen LogP contribution in [0.2, 0.25) is 0 Å². The number of carbonyl (C=O) groups excluding carboxylic acids is 1. The molecule has 1 aromatic heterocycles. The summed E-state index contributed by atoms with van der Waals surface area (Å²) in [6.45, 7) is 0.326. The van der Waals surface area contributed by atoms with Crippen LogP contribution in [0, 0.1) is 10.6 Å². The van der Waals surface area contributed by atoms with E-state index >= 15 is 0 Å². The number of fused-ring (bicyclic) bond motifs is 1. The molecule has 1 heterocycles. The Balaban J connectivity index is 1.88. The Kier molecular flexibility index (Phi) is 4.39. The van der Waals surface area contributed by atoms with E-state index in [1.165, 1.54) is 24.3 Å². The maximum atomic E-state index is 12.3. The topological polar surface area (TPSA) is 114 Å². The molecule has 0 saturated carbocycles. The molecule has 0 bridgehead atoms. The second-order valence-corrected chi connectivity index (χ2v) is 5.22. The lowest BCUT2D eigenvalue weighted by atomic mass is 10.1. The van der Waals surface area contributed by atoms with Gasteiger partial charge >= 0.3 is 0 Å². The minimum Gasteiger partial charge on any atom is -0.595 e. The first kappa shape index (κ1) is 15.9. The Labute approximate surface area is 136 Å². The highest BCUT2D eigenvalue weighted by Gasteiger charge is 2.12. The van der Waals surface area contributed by atoms with Gasteiger partial charge in [0.2, 0.25) is 5.55 Å².